The first kappa shape index (κ1) is 14.0. The van der Waals surface area contributed by atoms with Gasteiger partial charge in [0.1, 0.15) is 0 Å². The van der Waals surface area contributed by atoms with Crippen LogP contribution in [0.15, 0.2) is 18.7 Å². The van der Waals surface area contributed by atoms with Gasteiger partial charge in [-0.2, -0.15) is 0 Å². The van der Waals surface area contributed by atoms with E-state index in [9.17, 15) is 13.2 Å². The van der Waals surface area contributed by atoms with E-state index in [2.05, 4.69) is 4.98 Å². The number of hydrogen-bond donors (Lipinski definition) is 1. The zero-order valence-corrected chi connectivity index (χ0v) is 11.3. The van der Waals surface area contributed by atoms with Gasteiger partial charge in [-0.15, -0.1) is 0 Å². The summed E-state index contributed by atoms with van der Waals surface area (Å²) in [7, 11) is -3.00. The fourth-order valence-corrected chi connectivity index (χ4v) is 4.05. The second-order valence-corrected chi connectivity index (χ2v) is 6.95. The van der Waals surface area contributed by atoms with Crippen LogP contribution in [0.2, 0.25) is 0 Å². The summed E-state index contributed by atoms with van der Waals surface area (Å²) in [5.41, 5.74) is 0. The molecule has 8 heteroatoms. The largest absolute Gasteiger partial charge is 0.480 e. The normalized spacial score (nSPS) is 21.8. The van der Waals surface area contributed by atoms with Crippen molar-refractivity contribution in [3.8, 4) is 0 Å². The molecule has 0 amide bonds. The van der Waals surface area contributed by atoms with Gasteiger partial charge in [-0.1, -0.05) is 0 Å². The molecule has 7 nitrogen and oxygen atoms in total. The number of nitrogens with zero attached hydrogens (tertiary/aromatic N) is 3. The van der Waals surface area contributed by atoms with Gasteiger partial charge < -0.3 is 9.67 Å². The molecule has 1 N–H and O–H groups in total. The van der Waals surface area contributed by atoms with Crippen LogP contribution >= 0.6 is 0 Å². The quantitative estimate of drug-likeness (QED) is 0.755. The minimum Gasteiger partial charge on any atom is -0.480 e. The average Bonchev–Trinajstić information content (AvgIpc) is 2.93. The zero-order chi connectivity index (χ0) is 13.9. The summed E-state index contributed by atoms with van der Waals surface area (Å²) in [6.45, 7) is 0.974. The van der Waals surface area contributed by atoms with Crippen LogP contribution in [-0.2, 0) is 21.2 Å². The third kappa shape index (κ3) is 4.03. The van der Waals surface area contributed by atoms with E-state index in [-0.39, 0.29) is 24.1 Å². The minimum absolute atomic E-state index is 0.0597. The molecule has 19 heavy (non-hydrogen) atoms. The van der Waals surface area contributed by atoms with Crippen molar-refractivity contribution in [3.05, 3.63) is 18.7 Å². The highest BCUT2D eigenvalue weighted by atomic mass is 32.2. The molecule has 0 bridgehead atoms. The van der Waals surface area contributed by atoms with E-state index in [4.69, 9.17) is 5.11 Å². The average molecular weight is 287 g/mol. The van der Waals surface area contributed by atoms with Crippen molar-refractivity contribution in [2.75, 3.05) is 24.6 Å². The van der Waals surface area contributed by atoms with Crippen molar-refractivity contribution in [1.82, 2.24) is 14.5 Å². The predicted octanol–water partition coefficient (Wildman–Crippen LogP) is -0.543. The third-order valence-corrected chi connectivity index (χ3v) is 5.02. The fourth-order valence-electron chi connectivity index (χ4n) is 2.29. The summed E-state index contributed by atoms with van der Waals surface area (Å²) in [5, 5.41) is 8.92. The van der Waals surface area contributed by atoms with Crippen LogP contribution < -0.4 is 0 Å². The highest BCUT2D eigenvalue weighted by Gasteiger charge is 2.32. The molecule has 2 rings (SSSR count). The van der Waals surface area contributed by atoms with Crippen LogP contribution in [0, 0.1) is 0 Å². The van der Waals surface area contributed by atoms with Crippen molar-refractivity contribution >= 4 is 15.8 Å². The number of aromatic nitrogens is 2. The lowest BCUT2D eigenvalue weighted by molar-refractivity contribution is -0.138. The van der Waals surface area contributed by atoms with Crippen LogP contribution in [0.3, 0.4) is 0 Å². The molecule has 1 unspecified atom stereocenters. The van der Waals surface area contributed by atoms with Gasteiger partial charge >= 0.3 is 5.97 Å². The van der Waals surface area contributed by atoms with Crippen LogP contribution in [-0.4, -0.2) is 64.6 Å². The van der Waals surface area contributed by atoms with E-state index in [0.29, 0.717) is 19.5 Å². The molecule has 1 aliphatic rings. The lowest BCUT2D eigenvalue weighted by atomic mass is 10.2. The first-order chi connectivity index (χ1) is 8.96. The Morgan fingerprint density at radius 1 is 1.53 bits per heavy atom. The van der Waals surface area contributed by atoms with Gasteiger partial charge in [0.2, 0.25) is 0 Å². The maximum Gasteiger partial charge on any atom is 0.317 e. The zero-order valence-electron chi connectivity index (χ0n) is 10.5. The molecule has 1 atom stereocenters. The topological polar surface area (TPSA) is 92.5 Å². The number of carboxylic acids is 1. The molecule has 1 aliphatic heterocycles. The molecule has 106 valence electrons. The Labute approximate surface area is 111 Å². The molecule has 1 saturated heterocycles. The van der Waals surface area contributed by atoms with Crippen molar-refractivity contribution in [2.45, 2.75) is 19.0 Å². The van der Waals surface area contributed by atoms with E-state index in [1.165, 1.54) is 0 Å². The summed E-state index contributed by atoms with van der Waals surface area (Å²) in [4.78, 5) is 16.5. The number of rotatable bonds is 6. The Morgan fingerprint density at radius 2 is 2.32 bits per heavy atom. The van der Waals surface area contributed by atoms with Crippen molar-refractivity contribution in [3.63, 3.8) is 0 Å². The van der Waals surface area contributed by atoms with E-state index < -0.39 is 15.8 Å². The van der Waals surface area contributed by atoms with Crippen molar-refractivity contribution < 1.29 is 18.3 Å². The van der Waals surface area contributed by atoms with Gasteiger partial charge in [0, 0.05) is 31.5 Å². The monoisotopic (exact) mass is 287 g/mol. The smallest absolute Gasteiger partial charge is 0.317 e. The Balaban J connectivity index is 1.97. The highest BCUT2D eigenvalue weighted by molar-refractivity contribution is 7.91. The molecule has 0 aromatic carbocycles. The lowest BCUT2D eigenvalue weighted by Crippen LogP contribution is -2.41. The van der Waals surface area contributed by atoms with Gasteiger partial charge in [-0.05, 0) is 6.42 Å². The molecule has 1 fully saturated rings. The SMILES string of the molecule is O=C(O)CN(CCn1ccnc1)C1CCS(=O)(=O)C1. The van der Waals surface area contributed by atoms with Crippen molar-refractivity contribution in [2.24, 2.45) is 0 Å². The first-order valence-electron chi connectivity index (χ1n) is 6.08. The standard InChI is InChI=1S/C11H17N3O4S/c15-11(16)7-14(5-4-13-3-2-12-9-13)10-1-6-19(17,18)8-10/h2-3,9-10H,1,4-8H2,(H,15,16). The van der Waals surface area contributed by atoms with Crippen LogP contribution in [0.25, 0.3) is 0 Å². The number of hydrogen-bond acceptors (Lipinski definition) is 5. The molecule has 0 saturated carbocycles. The molecule has 2 heterocycles. The first-order valence-corrected chi connectivity index (χ1v) is 7.90. The van der Waals surface area contributed by atoms with Crippen molar-refractivity contribution in [1.29, 1.82) is 0 Å². The molecular formula is C11H17N3O4S. The van der Waals surface area contributed by atoms with Crippen LogP contribution in [0.4, 0.5) is 0 Å². The molecule has 1 aromatic heterocycles. The second kappa shape index (κ2) is 5.70. The third-order valence-electron chi connectivity index (χ3n) is 3.27. The summed E-state index contributed by atoms with van der Waals surface area (Å²) in [6, 6.07) is -0.190. The van der Waals surface area contributed by atoms with E-state index >= 15 is 0 Å². The molecule has 0 aliphatic carbocycles. The summed E-state index contributed by atoms with van der Waals surface area (Å²) < 4.78 is 24.8. The highest BCUT2D eigenvalue weighted by Crippen LogP contribution is 2.17. The fraction of sp³-hybridized carbons (Fsp3) is 0.636. The summed E-state index contributed by atoms with van der Waals surface area (Å²) in [5.74, 6) is -0.724. The van der Waals surface area contributed by atoms with Gasteiger partial charge in [0.25, 0.3) is 0 Å². The summed E-state index contributed by atoms with van der Waals surface area (Å²) in [6.07, 6.45) is 5.62. The minimum atomic E-state index is -3.00. The second-order valence-electron chi connectivity index (χ2n) is 4.72. The lowest BCUT2D eigenvalue weighted by Gasteiger charge is -2.26. The van der Waals surface area contributed by atoms with Gasteiger partial charge in [0.15, 0.2) is 9.84 Å². The van der Waals surface area contributed by atoms with Gasteiger partial charge in [0.05, 0.1) is 24.4 Å². The number of carboxylic acid groups (broad SMARTS) is 1. The maximum absolute atomic E-state index is 11.5. The number of imidazole rings is 1. The predicted molar refractivity (Wildman–Crippen MR) is 68.5 cm³/mol. The molecular weight excluding hydrogens is 270 g/mol. The van der Waals surface area contributed by atoms with Gasteiger partial charge in [-0.3, -0.25) is 9.69 Å². The Hall–Kier alpha value is -1.41. The van der Waals surface area contributed by atoms with Crippen LogP contribution in [0.5, 0.6) is 0 Å². The Bertz CT molecular complexity index is 526. The number of carbonyl (C=O) groups is 1. The molecule has 0 spiro atoms. The maximum atomic E-state index is 11.5. The van der Waals surface area contributed by atoms with Crippen LogP contribution in [0.1, 0.15) is 6.42 Å². The van der Waals surface area contributed by atoms with E-state index in [0.717, 1.165) is 0 Å². The van der Waals surface area contributed by atoms with E-state index in [1.807, 2.05) is 4.57 Å². The Morgan fingerprint density at radius 3 is 2.84 bits per heavy atom. The Kier molecular flexibility index (Phi) is 4.20. The summed E-state index contributed by atoms with van der Waals surface area (Å²) >= 11 is 0. The number of aliphatic carboxylic acids is 1. The number of sulfone groups is 1. The molecule has 0 radical (unpaired) electrons. The van der Waals surface area contributed by atoms with E-state index in [1.54, 1.807) is 23.6 Å². The van der Waals surface area contributed by atoms with Gasteiger partial charge in [-0.25, -0.2) is 13.4 Å². The molecule has 1 aromatic rings.